The number of H-pyrrole nitrogens is 1. The molecule has 1 amide bonds. The summed E-state index contributed by atoms with van der Waals surface area (Å²) in [6.07, 6.45) is 0.180. The predicted octanol–water partition coefficient (Wildman–Crippen LogP) is 5.15. The molecule has 0 aliphatic carbocycles. The quantitative estimate of drug-likeness (QED) is 0.107. The Labute approximate surface area is 211 Å². The first-order valence-electron chi connectivity index (χ1n) is 10.2. The van der Waals surface area contributed by atoms with Crippen LogP contribution in [-0.2, 0) is 11.2 Å². The van der Waals surface area contributed by atoms with Crippen LogP contribution in [-0.4, -0.2) is 31.9 Å². The highest BCUT2D eigenvalue weighted by Crippen LogP contribution is 2.44. The molecule has 3 heterocycles. The van der Waals surface area contributed by atoms with Gasteiger partial charge < -0.3 is 0 Å². The molecule has 4 aromatic rings. The molecule has 11 heteroatoms. The van der Waals surface area contributed by atoms with Gasteiger partial charge in [0.05, 0.1) is 21.9 Å². The molecule has 170 valence electrons. The molecular weight excluding hydrogens is 567 g/mol. The van der Waals surface area contributed by atoms with Crippen LogP contribution >= 0.6 is 33.9 Å². The number of carbonyl (C=O) groups is 1. The molecule has 2 N–H and O–H groups in total. The van der Waals surface area contributed by atoms with Gasteiger partial charge in [0.1, 0.15) is 15.4 Å². The van der Waals surface area contributed by atoms with E-state index in [0.717, 1.165) is 16.1 Å². The van der Waals surface area contributed by atoms with E-state index in [2.05, 4.69) is 38.2 Å². The SMILES string of the molecule is O=C(Cc1ccccc1)NN1C(c2cccc([N+](=O)[O-])c2)=Nc2c(-c3cccs3)n[nH]c2C1I. The third-order valence-corrected chi connectivity index (χ3v) is 7.26. The average Bonchev–Trinajstić information content (AvgIpc) is 3.51. The lowest BCUT2D eigenvalue weighted by atomic mass is 10.1. The summed E-state index contributed by atoms with van der Waals surface area (Å²) in [6.45, 7) is 0. The number of benzene rings is 2. The van der Waals surface area contributed by atoms with E-state index in [9.17, 15) is 14.9 Å². The number of nitrogens with one attached hydrogen (secondary N) is 2. The van der Waals surface area contributed by atoms with Crippen molar-refractivity contribution in [3.8, 4) is 10.6 Å². The number of alkyl halides is 1. The molecule has 0 saturated heterocycles. The molecule has 2 aromatic heterocycles. The van der Waals surface area contributed by atoms with Gasteiger partial charge in [0, 0.05) is 17.7 Å². The number of hydrogen-bond donors (Lipinski definition) is 2. The standard InChI is InChI=1S/C23H17IN6O3S/c24-22-21-20(19(26-27-21)17-10-5-11-34-17)25-23(15-8-4-9-16(13-15)30(32)33)29(22)28-18(31)12-14-6-2-1-3-7-14/h1-11,13,22H,12H2,(H,26,27)(H,28,31). The van der Waals surface area contributed by atoms with Crippen molar-refractivity contribution in [3.05, 3.63) is 99.0 Å². The van der Waals surface area contributed by atoms with E-state index < -0.39 is 4.92 Å². The molecule has 0 radical (unpaired) electrons. The lowest BCUT2D eigenvalue weighted by Crippen LogP contribution is -2.48. The average molecular weight is 584 g/mol. The number of rotatable bonds is 6. The number of nitro benzene ring substituents is 1. The van der Waals surface area contributed by atoms with E-state index in [-0.39, 0.29) is 22.1 Å². The zero-order valence-electron chi connectivity index (χ0n) is 17.5. The van der Waals surface area contributed by atoms with Gasteiger partial charge in [0.2, 0.25) is 5.91 Å². The maximum absolute atomic E-state index is 12.9. The van der Waals surface area contributed by atoms with E-state index >= 15 is 0 Å². The number of aromatic nitrogens is 2. The smallest absolute Gasteiger partial charge is 0.270 e. The van der Waals surface area contributed by atoms with Crippen LogP contribution in [0.5, 0.6) is 0 Å². The monoisotopic (exact) mass is 584 g/mol. The number of hydrogen-bond acceptors (Lipinski definition) is 7. The number of carbonyl (C=O) groups excluding carboxylic acids is 1. The van der Waals surface area contributed by atoms with Crippen molar-refractivity contribution >= 4 is 57.0 Å². The van der Waals surface area contributed by atoms with Gasteiger partial charge in [0.25, 0.3) is 5.69 Å². The van der Waals surface area contributed by atoms with E-state index in [1.807, 2.05) is 47.8 Å². The number of aromatic amines is 1. The number of non-ortho nitro benzene ring substituents is 1. The molecule has 5 rings (SSSR count). The zero-order valence-corrected chi connectivity index (χ0v) is 20.5. The van der Waals surface area contributed by atoms with Gasteiger partial charge in [-0.1, -0.05) is 48.5 Å². The molecule has 0 fully saturated rings. The minimum Gasteiger partial charge on any atom is -0.277 e. The number of halogens is 1. The third kappa shape index (κ3) is 4.31. The zero-order chi connectivity index (χ0) is 23.7. The number of amidine groups is 1. The van der Waals surface area contributed by atoms with Crippen molar-refractivity contribution < 1.29 is 9.72 Å². The number of amides is 1. The summed E-state index contributed by atoms with van der Waals surface area (Å²) in [6, 6.07) is 19.5. The second kappa shape index (κ2) is 9.35. The van der Waals surface area contributed by atoms with Crippen LogP contribution in [0.2, 0.25) is 0 Å². The first kappa shape index (κ1) is 22.2. The fraction of sp³-hybridized carbons (Fsp3) is 0.0870. The van der Waals surface area contributed by atoms with Crippen molar-refractivity contribution in [2.45, 2.75) is 10.5 Å². The Morgan fingerprint density at radius 3 is 2.74 bits per heavy atom. The number of nitrogens with zero attached hydrogens (tertiary/aromatic N) is 4. The van der Waals surface area contributed by atoms with Crippen molar-refractivity contribution in [1.82, 2.24) is 20.6 Å². The van der Waals surface area contributed by atoms with Gasteiger partial charge in [-0.05, 0) is 39.6 Å². The normalized spacial score (nSPS) is 14.9. The number of fused-ring (bicyclic) bond motifs is 1. The Morgan fingerprint density at radius 1 is 1.18 bits per heavy atom. The highest BCUT2D eigenvalue weighted by molar-refractivity contribution is 14.1. The van der Waals surface area contributed by atoms with Crippen LogP contribution in [0.3, 0.4) is 0 Å². The minimum absolute atomic E-state index is 0.0581. The van der Waals surface area contributed by atoms with Gasteiger partial charge in [-0.3, -0.25) is 25.4 Å². The summed E-state index contributed by atoms with van der Waals surface area (Å²) in [7, 11) is 0. The summed E-state index contributed by atoms with van der Waals surface area (Å²) < 4.78 is -0.375. The molecule has 0 saturated carbocycles. The maximum atomic E-state index is 12.9. The number of nitro groups is 1. The molecule has 0 bridgehead atoms. The Bertz CT molecular complexity index is 1390. The molecule has 2 aromatic carbocycles. The van der Waals surface area contributed by atoms with E-state index in [1.165, 1.54) is 12.1 Å². The largest absolute Gasteiger partial charge is 0.277 e. The summed E-state index contributed by atoms with van der Waals surface area (Å²) >= 11 is 3.74. The number of thiophene rings is 1. The molecule has 34 heavy (non-hydrogen) atoms. The van der Waals surface area contributed by atoms with Crippen LogP contribution in [0.1, 0.15) is 20.9 Å². The second-order valence-electron chi connectivity index (χ2n) is 7.46. The van der Waals surface area contributed by atoms with Crippen LogP contribution in [0, 0.1) is 10.1 Å². The summed E-state index contributed by atoms with van der Waals surface area (Å²) in [5.74, 6) is 0.170. The first-order chi connectivity index (χ1) is 16.5. The van der Waals surface area contributed by atoms with Crippen molar-refractivity contribution in [2.75, 3.05) is 0 Å². The maximum Gasteiger partial charge on any atom is 0.270 e. The molecule has 1 atom stereocenters. The summed E-state index contributed by atoms with van der Waals surface area (Å²) in [5.41, 5.74) is 6.35. The fourth-order valence-corrected chi connectivity index (χ4v) is 5.19. The molecule has 1 unspecified atom stereocenters. The summed E-state index contributed by atoms with van der Waals surface area (Å²) in [4.78, 5) is 29.7. The second-order valence-corrected chi connectivity index (χ2v) is 9.59. The molecule has 1 aliphatic rings. The third-order valence-electron chi connectivity index (χ3n) is 5.20. The van der Waals surface area contributed by atoms with Crippen LogP contribution in [0.25, 0.3) is 10.6 Å². The van der Waals surface area contributed by atoms with Crippen LogP contribution in [0.15, 0.2) is 77.1 Å². The van der Waals surface area contributed by atoms with Gasteiger partial charge in [-0.25, -0.2) is 10.0 Å². The molecule has 9 nitrogen and oxygen atoms in total. The van der Waals surface area contributed by atoms with E-state index in [4.69, 9.17) is 4.99 Å². The Balaban J connectivity index is 1.56. The van der Waals surface area contributed by atoms with Crippen molar-refractivity contribution in [1.29, 1.82) is 0 Å². The highest BCUT2D eigenvalue weighted by atomic mass is 127. The van der Waals surface area contributed by atoms with Crippen molar-refractivity contribution in [3.63, 3.8) is 0 Å². The number of aliphatic imine (C=N–C) groups is 1. The van der Waals surface area contributed by atoms with E-state index in [0.29, 0.717) is 22.8 Å². The van der Waals surface area contributed by atoms with Crippen LogP contribution < -0.4 is 5.43 Å². The van der Waals surface area contributed by atoms with Gasteiger partial charge in [-0.15, -0.1) is 11.3 Å². The fourth-order valence-electron chi connectivity index (χ4n) is 3.64. The molecule has 0 spiro atoms. The Hall–Kier alpha value is -3.58. The molecular formula is C23H17IN6O3S. The lowest BCUT2D eigenvalue weighted by Gasteiger charge is -2.33. The van der Waals surface area contributed by atoms with Crippen molar-refractivity contribution in [2.24, 2.45) is 4.99 Å². The topological polar surface area (TPSA) is 117 Å². The molecule has 1 aliphatic heterocycles. The van der Waals surface area contributed by atoms with E-state index in [1.54, 1.807) is 28.5 Å². The highest BCUT2D eigenvalue weighted by Gasteiger charge is 2.34. The van der Waals surface area contributed by atoms with Gasteiger partial charge in [-0.2, -0.15) is 5.10 Å². The lowest BCUT2D eigenvalue weighted by molar-refractivity contribution is -0.384. The summed E-state index contributed by atoms with van der Waals surface area (Å²) in [5, 5.41) is 22.5. The van der Waals surface area contributed by atoms with Crippen LogP contribution in [0.4, 0.5) is 11.4 Å². The first-order valence-corrected chi connectivity index (χ1v) is 12.4. The Kier molecular flexibility index (Phi) is 6.11. The number of hydrazine groups is 1. The van der Waals surface area contributed by atoms with Gasteiger partial charge in [0.15, 0.2) is 5.84 Å². The Morgan fingerprint density at radius 2 is 2.00 bits per heavy atom. The minimum atomic E-state index is -0.451. The predicted molar refractivity (Wildman–Crippen MR) is 138 cm³/mol. The van der Waals surface area contributed by atoms with Gasteiger partial charge >= 0.3 is 0 Å².